The Morgan fingerprint density at radius 2 is 2.06 bits per heavy atom. The van der Waals surface area contributed by atoms with Crippen molar-refractivity contribution in [2.45, 2.75) is 56.3 Å². The molecule has 0 radical (unpaired) electrons. The van der Waals surface area contributed by atoms with E-state index in [1.54, 1.807) is 16.8 Å². The third kappa shape index (κ3) is 6.26. The maximum absolute atomic E-state index is 12.2. The minimum Gasteiger partial charge on any atom is -0.438 e. The van der Waals surface area contributed by atoms with Gasteiger partial charge in [-0.1, -0.05) is 12.8 Å². The number of nitrogens with one attached hydrogen (secondary N) is 1. The van der Waals surface area contributed by atoms with E-state index in [-0.39, 0.29) is 5.28 Å². The fraction of sp³-hybridized carbons (Fsp3) is 0.650. The highest BCUT2D eigenvalue weighted by atomic mass is 35.5. The molecule has 2 aromatic rings. The van der Waals surface area contributed by atoms with Crippen molar-refractivity contribution in [3.63, 3.8) is 0 Å². The number of nitrogens with zero attached hydrogens (tertiary/aromatic N) is 3. The molecule has 3 N–H and O–H groups in total. The van der Waals surface area contributed by atoms with Crippen LogP contribution in [0.1, 0.15) is 31.9 Å². The summed E-state index contributed by atoms with van der Waals surface area (Å²) in [5.41, 5.74) is 0.418. The molecule has 36 heavy (non-hydrogen) atoms. The van der Waals surface area contributed by atoms with Crippen molar-refractivity contribution in [2.75, 3.05) is 32.5 Å². The van der Waals surface area contributed by atoms with E-state index < -0.39 is 51.7 Å². The summed E-state index contributed by atoms with van der Waals surface area (Å²) in [5, 5.41) is 25.3. The molecule has 2 fully saturated rings. The molecule has 1 aliphatic carbocycles. The number of anilines is 1. The molecule has 200 valence electrons. The Hall–Kier alpha value is -2.03. The predicted octanol–water partition coefficient (Wildman–Crippen LogP) is 2.59. The van der Waals surface area contributed by atoms with E-state index >= 15 is 0 Å². The van der Waals surface area contributed by atoms with Gasteiger partial charge in [-0.3, -0.25) is 9.09 Å². The number of aliphatic hydroxyl groups excluding tert-OH is 2. The van der Waals surface area contributed by atoms with Gasteiger partial charge < -0.3 is 34.3 Å². The van der Waals surface area contributed by atoms with Crippen molar-refractivity contribution in [1.29, 1.82) is 0 Å². The van der Waals surface area contributed by atoms with Crippen LogP contribution in [0.15, 0.2) is 12.3 Å². The molecule has 1 saturated heterocycles. The summed E-state index contributed by atoms with van der Waals surface area (Å²) >= 11 is 6.17. The summed E-state index contributed by atoms with van der Waals surface area (Å²) in [7, 11) is -2.67. The molecule has 0 amide bonds. The molecule has 0 spiro atoms. The number of fused-ring (bicyclic) bond motifs is 1. The van der Waals surface area contributed by atoms with Crippen molar-refractivity contribution in [1.82, 2.24) is 14.5 Å². The largest absolute Gasteiger partial charge is 0.510 e. The van der Waals surface area contributed by atoms with Crippen LogP contribution in [0, 0.1) is 0 Å². The zero-order valence-electron chi connectivity index (χ0n) is 19.6. The molecule has 16 heteroatoms. The van der Waals surface area contributed by atoms with E-state index in [9.17, 15) is 19.6 Å². The molecule has 3 heterocycles. The van der Waals surface area contributed by atoms with E-state index in [0.29, 0.717) is 22.9 Å². The first-order valence-electron chi connectivity index (χ1n) is 11.2. The molecule has 1 aliphatic heterocycles. The zero-order valence-corrected chi connectivity index (χ0v) is 21.3. The molecule has 14 nitrogen and oxygen atoms in total. The van der Waals surface area contributed by atoms with Gasteiger partial charge in [-0.2, -0.15) is 4.98 Å². The summed E-state index contributed by atoms with van der Waals surface area (Å²) in [5.74, 6) is 0.590. The first-order valence-corrected chi connectivity index (χ1v) is 13.6. The SMILES string of the molecule is COC(=O)OCOP(C)(=O)OOC[C@H]1O[C@@H](n2ccc3c(NC4CCCC4)nc(Cl)nc32)[C@H](O)[C@@H]1O. The summed E-state index contributed by atoms with van der Waals surface area (Å²) in [4.78, 5) is 24.4. The lowest BCUT2D eigenvalue weighted by Gasteiger charge is -2.18. The number of rotatable bonds is 10. The fourth-order valence-corrected chi connectivity index (χ4v) is 4.83. The molecule has 4 rings (SSSR count). The predicted molar refractivity (Wildman–Crippen MR) is 124 cm³/mol. The second kappa shape index (κ2) is 11.6. The topological polar surface area (TPSA) is 173 Å². The minimum absolute atomic E-state index is 0.0270. The number of hydrogen-bond acceptors (Lipinski definition) is 13. The summed E-state index contributed by atoms with van der Waals surface area (Å²) < 4.78 is 37.8. The fourth-order valence-electron chi connectivity index (χ4n) is 4.13. The van der Waals surface area contributed by atoms with E-state index in [4.69, 9.17) is 30.4 Å². The van der Waals surface area contributed by atoms with Gasteiger partial charge in [0.25, 0.3) is 0 Å². The summed E-state index contributed by atoms with van der Waals surface area (Å²) in [6, 6.07) is 2.07. The third-order valence-corrected chi connectivity index (χ3v) is 7.02. The second-order valence-electron chi connectivity index (χ2n) is 8.45. The van der Waals surface area contributed by atoms with E-state index in [2.05, 4.69) is 24.8 Å². The van der Waals surface area contributed by atoms with Crippen molar-refractivity contribution in [3.05, 3.63) is 17.5 Å². The number of ether oxygens (including phenoxy) is 3. The number of methoxy groups -OCH3 is 1. The Labute approximate surface area is 211 Å². The Morgan fingerprint density at radius 1 is 1.31 bits per heavy atom. The van der Waals surface area contributed by atoms with Crippen molar-refractivity contribution in [3.8, 4) is 0 Å². The molecule has 2 aromatic heterocycles. The maximum atomic E-state index is 12.2. The van der Waals surface area contributed by atoms with Gasteiger partial charge in [0.15, 0.2) is 6.23 Å². The van der Waals surface area contributed by atoms with Crippen molar-refractivity contribution < 1.29 is 47.9 Å². The van der Waals surface area contributed by atoms with Crippen LogP contribution in [0.2, 0.25) is 5.28 Å². The van der Waals surface area contributed by atoms with Crippen LogP contribution in [-0.4, -0.2) is 82.4 Å². The van der Waals surface area contributed by atoms with Crippen LogP contribution in [0.25, 0.3) is 11.0 Å². The van der Waals surface area contributed by atoms with Gasteiger partial charge in [0.05, 0.1) is 12.5 Å². The molecule has 1 unspecified atom stereocenters. The van der Waals surface area contributed by atoms with Crippen LogP contribution in [0.3, 0.4) is 0 Å². The number of halogens is 1. The smallest absolute Gasteiger partial charge is 0.438 e. The molecule has 5 atom stereocenters. The van der Waals surface area contributed by atoms with Gasteiger partial charge in [0.2, 0.25) is 12.1 Å². The first kappa shape index (κ1) is 27.0. The lowest BCUT2D eigenvalue weighted by Crippen LogP contribution is -2.33. The van der Waals surface area contributed by atoms with Crippen LogP contribution >= 0.6 is 19.2 Å². The molecule has 0 aromatic carbocycles. The molecular weight excluding hydrogens is 523 g/mol. The lowest BCUT2D eigenvalue weighted by atomic mass is 10.1. The van der Waals surface area contributed by atoms with Crippen LogP contribution in [0.5, 0.6) is 0 Å². The Morgan fingerprint density at radius 3 is 2.78 bits per heavy atom. The van der Waals surface area contributed by atoms with Crippen molar-refractivity contribution >= 4 is 42.2 Å². The molecule has 0 bridgehead atoms. The minimum atomic E-state index is -3.77. The van der Waals surface area contributed by atoms with E-state index in [0.717, 1.165) is 39.5 Å². The number of carbonyl (C=O) groups excluding carboxylic acids is 1. The lowest BCUT2D eigenvalue weighted by molar-refractivity contribution is -0.241. The molecular formula is C20H28ClN4O10P. The standard InChI is InChI=1S/C20H28ClN4O10P/c1-30-20(28)31-10-33-36(2,29)35-32-9-13-14(26)15(27)18(34-13)25-8-7-12-16(22-11-5-3-4-6-11)23-19(21)24-17(12)25/h7-8,11,13-15,18,26-27H,3-6,9-10H2,1-2H3,(H,22,23,24)/t13-,14-,15-,18-,36?/m1/s1. The number of carbonyl (C=O) groups is 1. The summed E-state index contributed by atoms with van der Waals surface area (Å²) in [6.07, 6.45) is 0.253. The monoisotopic (exact) mass is 550 g/mol. The van der Waals surface area contributed by atoms with Gasteiger partial charge in [0.1, 0.15) is 36.4 Å². The zero-order chi connectivity index (χ0) is 25.9. The van der Waals surface area contributed by atoms with E-state index in [1.165, 1.54) is 0 Å². The quantitative estimate of drug-likeness (QED) is 0.0984. The van der Waals surface area contributed by atoms with Gasteiger partial charge in [0, 0.05) is 18.9 Å². The Bertz CT molecular complexity index is 1110. The summed E-state index contributed by atoms with van der Waals surface area (Å²) in [6.45, 7) is 0.0108. The number of aliphatic hydroxyl groups is 2. The van der Waals surface area contributed by atoms with Crippen LogP contribution in [0.4, 0.5) is 10.6 Å². The highest BCUT2D eigenvalue weighted by Gasteiger charge is 2.44. The Balaban J connectivity index is 1.39. The van der Waals surface area contributed by atoms with Crippen LogP contribution < -0.4 is 5.32 Å². The normalized spacial score (nSPS) is 26.2. The van der Waals surface area contributed by atoms with E-state index in [1.807, 2.05) is 0 Å². The van der Waals surface area contributed by atoms with Gasteiger partial charge in [-0.15, -0.1) is 4.67 Å². The molecule has 2 aliphatic rings. The van der Waals surface area contributed by atoms with Crippen LogP contribution in [-0.2, 0) is 32.9 Å². The highest BCUT2D eigenvalue weighted by Crippen LogP contribution is 2.44. The third-order valence-electron chi connectivity index (χ3n) is 5.90. The first-order chi connectivity index (χ1) is 17.2. The number of hydrogen-bond donors (Lipinski definition) is 3. The average molecular weight is 551 g/mol. The van der Waals surface area contributed by atoms with Gasteiger partial charge in [-0.25, -0.2) is 14.7 Å². The van der Waals surface area contributed by atoms with Gasteiger partial charge in [-0.05, 0) is 30.5 Å². The Kier molecular flexibility index (Phi) is 8.68. The second-order valence-corrected chi connectivity index (χ2v) is 10.7. The highest BCUT2D eigenvalue weighted by molar-refractivity contribution is 7.52. The average Bonchev–Trinajstić information content (AvgIpc) is 3.55. The van der Waals surface area contributed by atoms with Gasteiger partial charge >= 0.3 is 13.8 Å². The van der Waals surface area contributed by atoms with Crippen molar-refractivity contribution in [2.24, 2.45) is 0 Å². The molecule has 1 saturated carbocycles. The number of aromatic nitrogens is 3. The maximum Gasteiger partial charge on any atom is 0.510 e.